The summed E-state index contributed by atoms with van der Waals surface area (Å²) in [5, 5.41) is 6.71. The fourth-order valence-electron chi connectivity index (χ4n) is 4.62. The van der Waals surface area contributed by atoms with Crippen LogP contribution in [0, 0.1) is 0 Å². The summed E-state index contributed by atoms with van der Waals surface area (Å²) in [7, 11) is 0. The molecule has 0 saturated carbocycles. The van der Waals surface area contributed by atoms with Crippen LogP contribution < -0.4 is 29.9 Å². The van der Waals surface area contributed by atoms with Crippen molar-refractivity contribution in [2.75, 3.05) is 88.7 Å². The number of carbonyl (C=O) groups excluding carboxylic acids is 2. The summed E-state index contributed by atoms with van der Waals surface area (Å²) in [6.45, 7) is 18.1. The van der Waals surface area contributed by atoms with Crippen LogP contribution in [0.4, 0.5) is 11.6 Å². The molecule has 2 fully saturated rings. The maximum atomic E-state index is 12.9. The van der Waals surface area contributed by atoms with Crippen LogP contribution in [-0.2, 0) is 28.5 Å². The summed E-state index contributed by atoms with van der Waals surface area (Å²) >= 11 is 2.13. The molecule has 2 aliphatic rings. The zero-order chi connectivity index (χ0) is 34.6. The van der Waals surface area contributed by atoms with Gasteiger partial charge in [-0.05, 0) is 41.5 Å². The molecule has 270 valence electrons. The smallest absolute Gasteiger partial charge is 0.306 e. The van der Waals surface area contributed by atoms with Gasteiger partial charge in [-0.3, -0.25) is 9.59 Å². The number of nitrogens with one attached hydrogen (secondary N) is 2. The maximum absolute atomic E-state index is 12.9. The molecule has 4 rings (SSSR count). The first-order chi connectivity index (χ1) is 22.9. The Morgan fingerprint density at radius 1 is 0.688 bits per heavy atom. The van der Waals surface area contributed by atoms with E-state index in [2.05, 4.69) is 37.9 Å². The van der Waals surface area contributed by atoms with Gasteiger partial charge in [-0.15, -0.1) is 8.75 Å². The molecule has 0 spiro atoms. The minimum atomic E-state index is -0.628. The number of ether oxygens (including phenoxy) is 6. The first-order valence-corrected chi connectivity index (χ1v) is 17.8. The van der Waals surface area contributed by atoms with Crippen LogP contribution in [0.25, 0.3) is 0 Å². The van der Waals surface area contributed by atoms with Gasteiger partial charge >= 0.3 is 11.9 Å². The van der Waals surface area contributed by atoms with Crippen molar-refractivity contribution < 1.29 is 38.0 Å². The lowest BCUT2D eigenvalue weighted by atomic mass is 10.1. The Morgan fingerprint density at radius 2 is 1.06 bits per heavy atom. The molecule has 2 aliphatic heterocycles. The first-order valence-electron chi connectivity index (χ1n) is 16.3. The molecular formula is C30H50N8O8S2. The summed E-state index contributed by atoms with van der Waals surface area (Å²) < 4.78 is 51.8. The predicted octanol–water partition coefficient (Wildman–Crippen LogP) is 1.90. The number of anilines is 2. The molecule has 16 nitrogen and oxygen atoms in total. The van der Waals surface area contributed by atoms with Gasteiger partial charge in [0.15, 0.2) is 0 Å². The highest BCUT2D eigenvalue weighted by molar-refractivity contribution is 6.99. The van der Waals surface area contributed by atoms with Gasteiger partial charge in [0.1, 0.15) is 25.4 Å². The average Bonchev–Trinajstić information content (AvgIpc) is 3.72. The molecule has 0 bridgehead atoms. The van der Waals surface area contributed by atoms with Gasteiger partial charge in [-0.1, -0.05) is 0 Å². The Kier molecular flexibility index (Phi) is 14.4. The van der Waals surface area contributed by atoms with Crippen LogP contribution in [0.1, 0.15) is 54.4 Å². The molecule has 2 aromatic heterocycles. The zero-order valence-electron chi connectivity index (χ0n) is 28.8. The molecule has 2 atom stereocenters. The molecule has 0 amide bonds. The number of hydrogen-bond acceptors (Lipinski definition) is 18. The Labute approximate surface area is 290 Å². The lowest BCUT2D eigenvalue weighted by Crippen LogP contribution is -2.44. The van der Waals surface area contributed by atoms with Crippen LogP contribution in [0.5, 0.6) is 11.8 Å². The number of nitrogens with zero attached hydrogens (tertiary/aromatic N) is 6. The van der Waals surface area contributed by atoms with Crippen LogP contribution >= 0.6 is 23.5 Å². The first kappa shape index (κ1) is 37.9. The van der Waals surface area contributed by atoms with Crippen molar-refractivity contribution in [3.63, 3.8) is 0 Å². The van der Waals surface area contributed by atoms with Gasteiger partial charge < -0.3 is 48.9 Å². The van der Waals surface area contributed by atoms with Crippen molar-refractivity contribution in [2.45, 2.75) is 77.7 Å². The van der Waals surface area contributed by atoms with E-state index in [-0.39, 0.29) is 37.1 Å². The summed E-state index contributed by atoms with van der Waals surface area (Å²) in [4.78, 5) is 30.0. The summed E-state index contributed by atoms with van der Waals surface area (Å²) in [6.07, 6.45) is -1.56. The molecule has 4 heterocycles. The van der Waals surface area contributed by atoms with E-state index >= 15 is 0 Å². The van der Waals surface area contributed by atoms with Crippen LogP contribution in [0.3, 0.4) is 0 Å². The normalized spacial score (nSPS) is 17.1. The summed E-state index contributed by atoms with van der Waals surface area (Å²) in [6, 6.07) is 0. The number of rotatable bonds is 17. The van der Waals surface area contributed by atoms with Crippen molar-refractivity contribution in [3.8, 4) is 11.8 Å². The van der Waals surface area contributed by atoms with E-state index in [1.54, 1.807) is 0 Å². The molecule has 0 aromatic carbocycles. The quantitative estimate of drug-likeness (QED) is 0.228. The van der Waals surface area contributed by atoms with E-state index in [0.29, 0.717) is 89.1 Å². The molecule has 48 heavy (non-hydrogen) atoms. The Hall–Kier alpha value is -2.90. The second-order valence-corrected chi connectivity index (χ2v) is 14.6. The fourth-order valence-corrected chi connectivity index (χ4v) is 5.66. The predicted molar refractivity (Wildman–Crippen MR) is 181 cm³/mol. The minimum absolute atomic E-state index is 0.0673. The standard InChI is InChI=1S/C30H50N8O8S2/c1-29(2,3)31-17-21(19-43-27-25(33-47-35-27)37-9-13-41-14-10-37)45-23(39)7-8-24(40)46-22(18-32-30(4,5)6)20-44-28-26(34-48-36-28)38-11-15-42-16-12-38/h21-22,31-32H,7-20H2,1-6H3. The van der Waals surface area contributed by atoms with Gasteiger partial charge in [0, 0.05) is 50.3 Å². The van der Waals surface area contributed by atoms with Crippen LogP contribution in [-0.4, -0.2) is 132 Å². The molecular weight excluding hydrogens is 665 g/mol. The van der Waals surface area contributed by atoms with E-state index in [0.717, 1.165) is 23.5 Å². The molecule has 18 heteroatoms. The maximum Gasteiger partial charge on any atom is 0.306 e. The van der Waals surface area contributed by atoms with Crippen LogP contribution in [0.2, 0.25) is 0 Å². The van der Waals surface area contributed by atoms with Crippen molar-refractivity contribution in [3.05, 3.63) is 0 Å². The van der Waals surface area contributed by atoms with Gasteiger partial charge in [-0.2, -0.15) is 8.75 Å². The van der Waals surface area contributed by atoms with Gasteiger partial charge in [0.2, 0.25) is 11.6 Å². The lowest BCUT2D eigenvalue weighted by molar-refractivity contribution is -0.157. The topological polar surface area (TPSA) is 172 Å². The minimum Gasteiger partial charge on any atom is -0.470 e. The fraction of sp³-hybridized carbons (Fsp3) is 0.800. The van der Waals surface area contributed by atoms with Crippen molar-refractivity contribution in [1.82, 2.24) is 28.1 Å². The second-order valence-electron chi connectivity index (χ2n) is 13.6. The van der Waals surface area contributed by atoms with E-state index < -0.39 is 24.1 Å². The third-order valence-corrected chi connectivity index (χ3v) is 8.17. The molecule has 0 radical (unpaired) electrons. The summed E-state index contributed by atoms with van der Waals surface area (Å²) in [5.41, 5.74) is -0.434. The van der Waals surface area contributed by atoms with Gasteiger partial charge in [0.25, 0.3) is 11.8 Å². The van der Waals surface area contributed by atoms with Crippen molar-refractivity contribution >= 4 is 47.0 Å². The largest absolute Gasteiger partial charge is 0.470 e. The third-order valence-electron chi connectivity index (χ3n) is 7.17. The monoisotopic (exact) mass is 714 g/mol. The number of aromatic nitrogens is 4. The molecule has 2 unspecified atom stereocenters. The number of carbonyl (C=O) groups is 2. The molecule has 2 N–H and O–H groups in total. The van der Waals surface area contributed by atoms with E-state index in [1.807, 2.05) is 41.5 Å². The Morgan fingerprint density at radius 3 is 1.42 bits per heavy atom. The second kappa shape index (κ2) is 18.2. The van der Waals surface area contributed by atoms with Crippen LogP contribution in [0.15, 0.2) is 0 Å². The van der Waals surface area contributed by atoms with Gasteiger partial charge in [0.05, 0.1) is 62.7 Å². The highest BCUT2D eigenvalue weighted by Crippen LogP contribution is 2.28. The Balaban J connectivity index is 1.29. The van der Waals surface area contributed by atoms with Crippen molar-refractivity contribution in [1.29, 1.82) is 0 Å². The van der Waals surface area contributed by atoms with E-state index in [1.165, 1.54) is 0 Å². The van der Waals surface area contributed by atoms with Gasteiger partial charge in [-0.25, -0.2) is 0 Å². The van der Waals surface area contributed by atoms with Crippen molar-refractivity contribution in [2.24, 2.45) is 0 Å². The molecule has 2 aromatic rings. The van der Waals surface area contributed by atoms with E-state index in [9.17, 15) is 9.59 Å². The number of esters is 2. The zero-order valence-corrected chi connectivity index (χ0v) is 30.5. The molecule has 0 aliphatic carbocycles. The number of hydrogen-bond donors (Lipinski definition) is 2. The Bertz CT molecular complexity index is 1180. The van der Waals surface area contributed by atoms with E-state index in [4.69, 9.17) is 28.4 Å². The summed E-state index contributed by atoms with van der Waals surface area (Å²) in [5.74, 6) is 1.02. The third kappa shape index (κ3) is 13.2. The highest BCUT2D eigenvalue weighted by atomic mass is 32.1. The molecule has 2 saturated heterocycles. The highest BCUT2D eigenvalue weighted by Gasteiger charge is 2.26. The average molecular weight is 715 g/mol. The lowest BCUT2D eigenvalue weighted by Gasteiger charge is -2.28. The number of morpholine rings is 2. The SMILES string of the molecule is CC(C)(C)NCC(COc1nsnc1N1CCOCC1)OC(=O)CCC(=O)OC(CNC(C)(C)C)COc1nsnc1N1CCOCC1.